The van der Waals surface area contributed by atoms with Crippen molar-refractivity contribution in [2.75, 3.05) is 10.6 Å². The van der Waals surface area contributed by atoms with Crippen LogP contribution in [0.3, 0.4) is 0 Å². The number of carbonyl (C=O) groups is 3. The lowest BCUT2D eigenvalue weighted by Crippen LogP contribution is -2.16. The molecule has 6 heteroatoms. The Morgan fingerprint density at radius 2 is 1.81 bits per heavy atom. The van der Waals surface area contributed by atoms with Crippen LogP contribution in [0.4, 0.5) is 11.4 Å². The van der Waals surface area contributed by atoms with Gasteiger partial charge in [0.15, 0.2) is 0 Å². The molecule has 3 rings (SSSR count). The molecule has 26 heavy (non-hydrogen) atoms. The Hall–Kier alpha value is -3.41. The van der Waals surface area contributed by atoms with Gasteiger partial charge in [-0.25, -0.2) is 4.79 Å². The van der Waals surface area contributed by atoms with Gasteiger partial charge in [0.25, 0.3) is 5.91 Å². The average molecular weight is 350 g/mol. The number of cyclic esters (lactones) is 1. The maximum absolute atomic E-state index is 12.5. The minimum Gasteiger partial charge on any atom is -0.451 e. The summed E-state index contributed by atoms with van der Waals surface area (Å²) in [6.45, 7) is 7.02. The molecule has 1 aliphatic rings. The summed E-state index contributed by atoms with van der Waals surface area (Å²) in [5.74, 6) is -1.12. The molecule has 2 amide bonds. The predicted octanol–water partition coefficient (Wildman–Crippen LogP) is 3.47. The number of carbonyl (C=O) groups excluding carboxylic acids is 3. The third kappa shape index (κ3) is 3.35. The van der Waals surface area contributed by atoms with Crippen LogP contribution in [0.2, 0.25) is 0 Å². The average Bonchev–Trinajstić information content (AvgIpc) is 2.83. The second kappa shape index (κ2) is 6.48. The third-order valence-corrected chi connectivity index (χ3v) is 4.07. The molecular weight excluding hydrogens is 332 g/mol. The quantitative estimate of drug-likeness (QED) is 0.653. The second-order valence-electron chi connectivity index (χ2n) is 6.39. The molecule has 0 aliphatic carbocycles. The molecule has 132 valence electrons. The summed E-state index contributed by atoms with van der Waals surface area (Å²) >= 11 is 0. The summed E-state index contributed by atoms with van der Waals surface area (Å²) in [5.41, 5.74) is 1.91. The Kier molecular flexibility index (Phi) is 4.34. The highest BCUT2D eigenvalue weighted by molar-refractivity contribution is 6.06. The number of anilines is 2. The molecule has 0 saturated carbocycles. The largest absolute Gasteiger partial charge is 0.451 e. The minimum atomic E-state index is -0.674. The number of nitrogens with one attached hydrogen (secondary N) is 2. The summed E-state index contributed by atoms with van der Waals surface area (Å²) in [4.78, 5) is 35.8. The van der Waals surface area contributed by atoms with Crippen molar-refractivity contribution in [3.63, 3.8) is 0 Å². The number of benzene rings is 2. The number of ether oxygens (including phenoxy) is 1. The van der Waals surface area contributed by atoms with Crippen LogP contribution in [0.5, 0.6) is 0 Å². The fourth-order valence-electron chi connectivity index (χ4n) is 2.79. The van der Waals surface area contributed by atoms with E-state index in [0.717, 1.165) is 11.6 Å². The molecule has 0 aromatic heterocycles. The van der Waals surface area contributed by atoms with Crippen molar-refractivity contribution in [3.05, 3.63) is 71.8 Å². The number of esters is 1. The molecular formula is C20H18N2O4. The molecule has 1 aliphatic heterocycles. The fraction of sp³-hybridized carbons (Fsp3) is 0.150. The van der Waals surface area contributed by atoms with Crippen molar-refractivity contribution in [2.45, 2.75) is 19.4 Å². The normalized spacial score (nSPS) is 14.2. The van der Waals surface area contributed by atoms with E-state index in [9.17, 15) is 14.4 Å². The Morgan fingerprint density at radius 3 is 2.54 bits per heavy atom. The maximum Gasteiger partial charge on any atom is 0.339 e. The van der Waals surface area contributed by atoms with E-state index in [1.54, 1.807) is 42.5 Å². The first-order chi connectivity index (χ1) is 12.3. The maximum atomic E-state index is 12.5. The summed E-state index contributed by atoms with van der Waals surface area (Å²) in [6, 6.07) is 11.6. The number of hydrogen-bond donors (Lipinski definition) is 2. The van der Waals surface area contributed by atoms with Gasteiger partial charge in [0, 0.05) is 22.5 Å². The summed E-state index contributed by atoms with van der Waals surface area (Å²) in [6.07, 6.45) is 1.15. The fourth-order valence-corrected chi connectivity index (χ4v) is 2.79. The van der Waals surface area contributed by atoms with Crippen molar-refractivity contribution in [3.8, 4) is 0 Å². The van der Waals surface area contributed by atoms with E-state index in [1.165, 1.54) is 0 Å². The summed E-state index contributed by atoms with van der Waals surface area (Å²) < 4.78 is 5.33. The minimum absolute atomic E-state index is 0.356. The number of amides is 2. The van der Waals surface area contributed by atoms with Crippen LogP contribution in [-0.4, -0.2) is 17.8 Å². The number of hydrogen-bond acceptors (Lipinski definition) is 4. The molecule has 1 heterocycles. The number of rotatable bonds is 4. The monoisotopic (exact) mass is 350 g/mol. The second-order valence-corrected chi connectivity index (χ2v) is 6.39. The Bertz CT molecular complexity index is 931. The number of fused-ring (bicyclic) bond motifs is 1. The summed E-state index contributed by atoms with van der Waals surface area (Å²) in [5, 5.41) is 5.35. The van der Waals surface area contributed by atoms with E-state index in [0.29, 0.717) is 22.5 Å². The highest BCUT2D eigenvalue weighted by Gasteiger charge is 2.37. The zero-order chi connectivity index (χ0) is 18.9. The van der Waals surface area contributed by atoms with E-state index < -0.39 is 11.6 Å². The molecule has 0 spiro atoms. The first kappa shape index (κ1) is 17.4. The van der Waals surface area contributed by atoms with Crippen LogP contribution in [0.25, 0.3) is 0 Å². The van der Waals surface area contributed by atoms with E-state index in [2.05, 4.69) is 17.2 Å². The van der Waals surface area contributed by atoms with E-state index in [1.807, 2.05) is 13.8 Å². The van der Waals surface area contributed by atoms with E-state index in [4.69, 9.17) is 4.74 Å². The van der Waals surface area contributed by atoms with Crippen LogP contribution in [0, 0.1) is 0 Å². The van der Waals surface area contributed by atoms with Crippen LogP contribution in [0.15, 0.2) is 55.1 Å². The lowest BCUT2D eigenvalue weighted by atomic mass is 9.96. The van der Waals surface area contributed by atoms with Gasteiger partial charge in [0.1, 0.15) is 5.60 Å². The van der Waals surface area contributed by atoms with E-state index >= 15 is 0 Å². The zero-order valence-electron chi connectivity index (χ0n) is 14.5. The highest BCUT2D eigenvalue weighted by atomic mass is 16.6. The molecule has 6 nitrogen and oxygen atoms in total. The van der Waals surface area contributed by atoms with Crippen molar-refractivity contribution in [1.29, 1.82) is 0 Å². The van der Waals surface area contributed by atoms with Crippen molar-refractivity contribution in [1.82, 2.24) is 0 Å². The van der Waals surface area contributed by atoms with Gasteiger partial charge in [-0.3, -0.25) is 9.59 Å². The van der Waals surface area contributed by atoms with Crippen molar-refractivity contribution in [2.24, 2.45) is 0 Å². The van der Waals surface area contributed by atoms with Gasteiger partial charge in [0.2, 0.25) is 5.91 Å². The molecule has 0 atom stereocenters. The molecule has 2 aromatic carbocycles. The molecule has 0 radical (unpaired) electrons. The SMILES string of the molecule is C=CC(=O)Nc1cccc(C(=O)Nc2ccc3c(c2)C(=O)OC3(C)C)c1. The molecule has 0 saturated heterocycles. The smallest absolute Gasteiger partial charge is 0.339 e. The highest BCUT2D eigenvalue weighted by Crippen LogP contribution is 2.37. The van der Waals surface area contributed by atoms with Gasteiger partial charge in [-0.05, 0) is 50.3 Å². The Morgan fingerprint density at radius 1 is 1.08 bits per heavy atom. The van der Waals surface area contributed by atoms with Gasteiger partial charge in [0.05, 0.1) is 5.56 Å². The molecule has 2 N–H and O–H groups in total. The van der Waals surface area contributed by atoms with Crippen molar-refractivity contribution < 1.29 is 19.1 Å². The third-order valence-electron chi connectivity index (χ3n) is 4.07. The topological polar surface area (TPSA) is 84.5 Å². The van der Waals surface area contributed by atoms with Gasteiger partial charge in [-0.15, -0.1) is 0 Å². The molecule has 0 bridgehead atoms. The Balaban J connectivity index is 1.80. The molecule has 2 aromatic rings. The van der Waals surface area contributed by atoms with Crippen LogP contribution < -0.4 is 10.6 Å². The standard InChI is InChI=1S/C20H18N2O4/c1-4-17(23)21-13-7-5-6-12(10-13)18(24)22-14-8-9-16-15(11-14)19(25)26-20(16,2)3/h4-11H,1H2,2-3H3,(H,21,23)(H,22,24). The van der Waals surface area contributed by atoms with Gasteiger partial charge >= 0.3 is 5.97 Å². The molecule has 0 fully saturated rings. The van der Waals surface area contributed by atoms with Crippen LogP contribution in [-0.2, 0) is 15.1 Å². The van der Waals surface area contributed by atoms with Gasteiger partial charge < -0.3 is 15.4 Å². The first-order valence-electron chi connectivity index (χ1n) is 8.03. The lowest BCUT2D eigenvalue weighted by Gasteiger charge is -2.17. The summed E-state index contributed by atoms with van der Waals surface area (Å²) in [7, 11) is 0. The van der Waals surface area contributed by atoms with Gasteiger partial charge in [-0.1, -0.05) is 18.7 Å². The zero-order valence-corrected chi connectivity index (χ0v) is 14.5. The lowest BCUT2D eigenvalue weighted by molar-refractivity contribution is -0.111. The van der Waals surface area contributed by atoms with E-state index in [-0.39, 0.29) is 11.8 Å². The van der Waals surface area contributed by atoms with Gasteiger partial charge in [-0.2, -0.15) is 0 Å². The van der Waals surface area contributed by atoms with Crippen molar-refractivity contribution >= 4 is 29.2 Å². The molecule has 0 unspecified atom stereocenters. The first-order valence-corrected chi connectivity index (χ1v) is 8.03. The predicted molar refractivity (Wildman–Crippen MR) is 98.1 cm³/mol. The Labute approximate surface area is 150 Å². The van der Waals surface area contributed by atoms with Crippen LogP contribution in [0.1, 0.15) is 40.1 Å². The van der Waals surface area contributed by atoms with Crippen LogP contribution >= 0.6 is 0 Å².